The van der Waals surface area contributed by atoms with Crippen LogP contribution in [0.25, 0.3) is 15.4 Å². The summed E-state index contributed by atoms with van der Waals surface area (Å²) in [6, 6.07) is 10.1. The number of carbonyl (C=O) groups excluding carboxylic acids is 1. The maximum Gasteiger partial charge on any atom is 0.194 e. The van der Waals surface area contributed by atoms with Gasteiger partial charge in [-0.15, -0.1) is 0 Å². The first-order valence-corrected chi connectivity index (χ1v) is 5.67. The van der Waals surface area contributed by atoms with E-state index >= 15 is 0 Å². The first-order valence-electron chi connectivity index (χ1n) is 4.86. The molecule has 0 saturated carbocycles. The van der Waals surface area contributed by atoms with Crippen LogP contribution in [0, 0.1) is 0 Å². The lowest BCUT2D eigenvalue weighted by Gasteiger charge is -1.93. The summed E-state index contributed by atoms with van der Waals surface area (Å²) in [6.07, 6.45) is 4.50. The molecule has 0 amide bonds. The number of carbonyl (C=O) groups is 1. The van der Waals surface area contributed by atoms with E-state index in [1.165, 1.54) is 5.56 Å². The lowest BCUT2D eigenvalue weighted by molar-refractivity contribution is 0.111. The van der Waals surface area contributed by atoms with Crippen LogP contribution in [0.1, 0.15) is 10.5 Å². The third-order valence-electron chi connectivity index (χ3n) is 2.35. The second-order valence-electron chi connectivity index (χ2n) is 3.43. The zero-order valence-electron chi connectivity index (χ0n) is 8.33. The highest BCUT2D eigenvalue weighted by atomic mass is 32.1. The van der Waals surface area contributed by atoms with Gasteiger partial charge in [0.2, 0.25) is 0 Å². The molecule has 0 fully saturated rings. The monoisotopic (exact) mass is 228 g/mol. The topological polar surface area (TPSA) is 34.4 Å². The summed E-state index contributed by atoms with van der Waals surface area (Å²) >= 11 is 1.58. The van der Waals surface area contributed by atoms with Crippen molar-refractivity contribution in [2.75, 3.05) is 0 Å². The molecule has 4 heteroatoms. The van der Waals surface area contributed by atoms with E-state index in [0.717, 1.165) is 16.1 Å². The molecular formula is C12H8N2OS. The highest BCUT2D eigenvalue weighted by Gasteiger charge is 2.06. The van der Waals surface area contributed by atoms with E-state index in [1.54, 1.807) is 17.5 Å². The third kappa shape index (κ3) is 1.44. The van der Waals surface area contributed by atoms with E-state index in [-0.39, 0.29) is 0 Å². The first-order chi connectivity index (χ1) is 7.86. The molecule has 0 spiro atoms. The van der Waals surface area contributed by atoms with E-state index in [1.807, 2.05) is 28.8 Å². The zero-order chi connectivity index (χ0) is 11.0. The summed E-state index contributed by atoms with van der Waals surface area (Å²) in [6.45, 7) is 0. The average molecular weight is 228 g/mol. The fraction of sp³-hybridized carbons (Fsp3) is 0. The van der Waals surface area contributed by atoms with Crippen LogP contribution in [0.5, 0.6) is 0 Å². The van der Waals surface area contributed by atoms with Crippen molar-refractivity contribution in [3.05, 3.63) is 48.4 Å². The summed E-state index contributed by atoms with van der Waals surface area (Å²) in [7, 11) is 0. The SMILES string of the molecule is O=Cc1cn2cc(-c3ccccc3)sc2n1. The van der Waals surface area contributed by atoms with Gasteiger partial charge in [-0.25, -0.2) is 4.98 Å². The average Bonchev–Trinajstić information content (AvgIpc) is 2.87. The number of rotatable bonds is 2. The fourth-order valence-corrected chi connectivity index (χ4v) is 2.59. The minimum Gasteiger partial charge on any atom is -0.296 e. The van der Waals surface area contributed by atoms with E-state index in [0.29, 0.717) is 5.69 Å². The molecule has 0 aliphatic heterocycles. The van der Waals surface area contributed by atoms with Crippen LogP contribution in [0.2, 0.25) is 0 Å². The number of thiazole rings is 1. The van der Waals surface area contributed by atoms with Gasteiger partial charge >= 0.3 is 0 Å². The highest BCUT2D eigenvalue weighted by molar-refractivity contribution is 7.20. The maximum absolute atomic E-state index is 10.6. The number of hydrogen-bond acceptors (Lipinski definition) is 3. The van der Waals surface area contributed by atoms with E-state index in [4.69, 9.17) is 0 Å². The van der Waals surface area contributed by atoms with Crippen LogP contribution in [0.15, 0.2) is 42.7 Å². The minimum absolute atomic E-state index is 0.478. The van der Waals surface area contributed by atoms with Gasteiger partial charge in [0.05, 0.1) is 4.88 Å². The molecule has 0 bridgehead atoms. The Balaban J connectivity index is 2.13. The van der Waals surface area contributed by atoms with Crippen molar-refractivity contribution >= 4 is 22.6 Å². The highest BCUT2D eigenvalue weighted by Crippen LogP contribution is 2.27. The van der Waals surface area contributed by atoms with Crippen molar-refractivity contribution < 1.29 is 4.79 Å². The Kier molecular flexibility index (Phi) is 2.08. The summed E-state index contributed by atoms with van der Waals surface area (Å²) in [5, 5.41) is 0. The molecule has 0 atom stereocenters. The van der Waals surface area contributed by atoms with Crippen molar-refractivity contribution in [2.45, 2.75) is 0 Å². The Morgan fingerprint density at radius 2 is 2.00 bits per heavy atom. The van der Waals surface area contributed by atoms with E-state index in [9.17, 15) is 4.79 Å². The van der Waals surface area contributed by atoms with Gasteiger partial charge in [0, 0.05) is 12.4 Å². The van der Waals surface area contributed by atoms with Gasteiger partial charge in [-0.2, -0.15) is 0 Å². The Labute approximate surface area is 96.0 Å². The number of benzene rings is 1. The Morgan fingerprint density at radius 3 is 2.69 bits per heavy atom. The predicted octanol–water partition coefficient (Wildman–Crippen LogP) is 2.88. The lowest BCUT2D eigenvalue weighted by Crippen LogP contribution is -1.76. The molecular weight excluding hydrogens is 220 g/mol. The molecule has 0 unspecified atom stereocenters. The zero-order valence-corrected chi connectivity index (χ0v) is 9.15. The van der Waals surface area contributed by atoms with Gasteiger partial charge in [0.1, 0.15) is 5.69 Å². The van der Waals surface area contributed by atoms with Crippen LogP contribution in [0.3, 0.4) is 0 Å². The Hall–Kier alpha value is -1.94. The molecule has 3 nitrogen and oxygen atoms in total. The van der Waals surface area contributed by atoms with Crippen LogP contribution in [-0.4, -0.2) is 15.7 Å². The van der Waals surface area contributed by atoms with E-state index < -0.39 is 0 Å². The third-order valence-corrected chi connectivity index (χ3v) is 3.40. The molecule has 2 heterocycles. The molecule has 0 N–H and O–H groups in total. The largest absolute Gasteiger partial charge is 0.296 e. The van der Waals surface area contributed by atoms with E-state index in [2.05, 4.69) is 17.1 Å². The van der Waals surface area contributed by atoms with Gasteiger partial charge in [-0.1, -0.05) is 41.7 Å². The molecule has 0 aliphatic carbocycles. The van der Waals surface area contributed by atoms with Gasteiger partial charge in [0.15, 0.2) is 11.2 Å². The molecule has 0 aliphatic rings. The summed E-state index contributed by atoms with van der Waals surface area (Å²) in [4.78, 5) is 16.7. The van der Waals surface area contributed by atoms with Crippen LogP contribution < -0.4 is 0 Å². The first kappa shape index (κ1) is 9.30. The van der Waals surface area contributed by atoms with Crippen molar-refractivity contribution in [1.82, 2.24) is 9.38 Å². The smallest absolute Gasteiger partial charge is 0.194 e. The van der Waals surface area contributed by atoms with Crippen LogP contribution >= 0.6 is 11.3 Å². The second kappa shape index (κ2) is 3.57. The summed E-state index contributed by atoms with van der Waals surface area (Å²) < 4.78 is 1.89. The van der Waals surface area contributed by atoms with Gasteiger partial charge in [-0.05, 0) is 5.56 Å². The number of nitrogens with zero attached hydrogens (tertiary/aromatic N) is 2. The molecule has 1 aromatic carbocycles. The number of imidazole rings is 1. The van der Waals surface area contributed by atoms with Crippen molar-refractivity contribution in [1.29, 1.82) is 0 Å². The Bertz CT molecular complexity index is 608. The fourth-order valence-electron chi connectivity index (χ4n) is 1.61. The predicted molar refractivity (Wildman–Crippen MR) is 63.9 cm³/mol. The standard InChI is InChI=1S/C12H8N2OS/c15-8-10-6-14-7-11(16-12(14)13-10)9-4-2-1-3-5-9/h1-8H. The maximum atomic E-state index is 10.6. The minimum atomic E-state index is 0.478. The van der Waals surface area contributed by atoms with Crippen molar-refractivity contribution in [2.24, 2.45) is 0 Å². The Morgan fingerprint density at radius 1 is 1.19 bits per heavy atom. The molecule has 3 rings (SSSR count). The second-order valence-corrected chi connectivity index (χ2v) is 4.44. The molecule has 0 saturated heterocycles. The van der Waals surface area contributed by atoms with Crippen LogP contribution in [0.4, 0.5) is 0 Å². The number of aromatic nitrogens is 2. The number of fused-ring (bicyclic) bond motifs is 1. The normalized spacial score (nSPS) is 10.8. The molecule has 3 aromatic rings. The van der Waals surface area contributed by atoms with Crippen molar-refractivity contribution in [3.63, 3.8) is 0 Å². The molecule has 78 valence electrons. The summed E-state index contributed by atoms with van der Waals surface area (Å²) in [5.74, 6) is 0. The number of hydrogen-bond donors (Lipinski definition) is 0. The van der Waals surface area contributed by atoms with Gasteiger partial charge in [0.25, 0.3) is 0 Å². The molecule has 16 heavy (non-hydrogen) atoms. The molecule has 2 aromatic heterocycles. The van der Waals surface area contributed by atoms with Crippen molar-refractivity contribution in [3.8, 4) is 10.4 Å². The lowest BCUT2D eigenvalue weighted by atomic mass is 10.2. The number of aldehydes is 1. The summed E-state index contributed by atoms with van der Waals surface area (Å²) in [5.41, 5.74) is 1.65. The van der Waals surface area contributed by atoms with Crippen LogP contribution in [-0.2, 0) is 0 Å². The quantitative estimate of drug-likeness (QED) is 0.632. The van der Waals surface area contributed by atoms with Gasteiger partial charge in [-0.3, -0.25) is 9.20 Å². The van der Waals surface area contributed by atoms with Gasteiger partial charge < -0.3 is 0 Å². The molecule has 0 radical (unpaired) electrons.